The summed E-state index contributed by atoms with van der Waals surface area (Å²) in [7, 11) is -7.98. The molecule has 0 heterocycles. The summed E-state index contributed by atoms with van der Waals surface area (Å²) in [5.41, 5.74) is 0. The molecule has 2 aromatic rings. The molecule has 0 saturated carbocycles. The predicted molar refractivity (Wildman–Crippen MR) is 97.0 cm³/mol. The van der Waals surface area contributed by atoms with Crippen LogP contribution in [0.1, 0.15) is 12.8 Å². The fraction of sp³-hybridized carbons (Fsp3) is 0.375. The Morgan fingerprint density at radius 3 is 1.50 bits per heavy atom. The van der Waals surface area contributed by atoms with Crippen LogP contribution < -0.4 is 9.47 Å². The lowest BCUT2D eigenvalue weighted by Gasteiger charge is -2.09. The summed E-state index contributed by atoms with van der Waals surface area (Å²) >= 11 is 0. The second-order valence-corrected chi connectivity index (χ2v) is 8.79. The van der Waals surface area contributed by atoms with Crippen LogP contribution in [0.4, 0.5) is 0 Å². The summed E-state index contributed by atoms with van der Waals surface area (Å²) in [6, 6.07) is 10.7. The van der Waals surface area contributed by atoms with E-state index in [1.807, 2.05) is 12.1 Å². The van der Waals surface area contributed by atoms with Crippen molar-refractivity contribution in [2.45, 2.75) is 12.8 Å². The first kappa shape index (κ1) is 20.4. The third-order valence-electron chi connectivity index (χ3n) is 3.41. The van der Waals surface area contributed by atoms with E-state index in [-0.39, 0.29) is 37.6 Å². The Kier molecular flexibility index (Phi) is 6.81. The molecule has 0 aliphatic carbocycles. The SMILES string of the molecule is O=S(=O)(O)CCCOc1ccc2ccc(OCCCS(=O)(=O)O)cc2c1. The molecular formula is C16H20O8S2. The van der Waals surface area contributed by atoms with E-state index in [1.165, 1.54) is 0 Å². The lowest BCUT2D eigenvalue weighted by Crippen LogP contribution is -2.08. The van der Waals surface area contributed by atoms with Crippen LogP contribution in [0.25, 0.3) is 10.8 Å². The molecule has 0 aliphatic rings. The summed E-state index contributed by atoms with van der Waals surface area (Å²) < 4.78 is 70.9. The maximum absolute atomic E-state index is 10.7. The lowest BCUT2D eigenvalue weighted by molar-refractivity contribution is 0.315. The Morgan fingerprint density at radius 2 is 1.12 bits per heavy atom. The molecule has 0 saturated heterocycles. The van der Waals surface area contributed by atoms with Gasteiger partial charge in [-0.3, -0.25) is 9.11 Å². The average Bonchev–Trinajstić information content (AvgIpc) is 2.53. The highest BCUT2D eigenvalue weighted by molar-refractivity contribution is 7.86. The third-order valence-corrected chi connectivity index (χ3v) is 5.02. The standard InChI is InChI=1S/C16H20O8S2/c17-25(18,19)9-1-7-23-15-5-3-13-4-6-16(12-14(13)11-15)24-8-2-10-26(20,21)22/h3-6,11-12H,1-2,7-10H2,(H,17,18,19)(H,20,21,22). The van der Waals surface area contributed by atoms with Crippen molar-refractivity contribution < 1.29 is 35.4 Å². The first-order chi connectivity index (χ1) is 12.1. The molecule has 0 amide bonds. The molecular weight excluding hydrogens is 384 g/mol. The van der Waals surface area contributed by atoms with Gasteiger partial charge in [-0.05, 0) is 47.9 Å². The van der Waals surface area contributed by atoms with Crippen LogP contribution in [0.15, 0.2) is 36.4 Å². The summed E-state index contributed by atoms with van der Waals surface area (Å²) in [5.74, 6) is 0.386. The number of benzene rings is 2. The van der Waals surface area contributed by atoms with Crippen molar-refractivity contribution in [3.8, 4) is 11.5 Å². The first-order valence-electron chi connectivity index (χ1n) is 7.82. The van der Waals surface area contributed by atoms with Gasteiger partial charge in [-0.25, -0.2) is 0 Å². The third kappa shape index (κ3) is 7.56. The molecule has 8 nitrogen and oxygen atoms in total. The number of ether oxygens (including phenoxy) is 2. The maximum atomic E-state index is 10.7. The van der Waals surface area contributed by atoms with E-state index in [0.29, 0.717) is 11.5 Å². The van der Waals surface area contributed by atoms with Crippen molar-refractivity contribution in [1.82, 2.24) is 0 Å². The Bertz CT molecular complexity index is 877. The molecule has 0 aromatic heterocycles. The minimum absolute atomic E-state index is 0.150. The van der Waals surface area contributed by atoms with Crippen molar-refractivity contribution in [3.05, 3.63) is 36.4 Å². The van der Waals surface area contributed by atoms with Crippen LogP contribution >= 0.6 is 0 Å². The number of hydrogen-bond acceptors (Lipinski definition) is 6. The fourth-order valence-electron chi connectivity index (χ4n) is 2.25. The predicted octanol–water partition coefficient (Wildman–Crippen LogP) is 2.15. The molecule has 0 spiro atoms. The van der Waals surface area contributed by atoms with Gasteiger partial charge in [0.1, 0.15) is 11.5 Å². The molecule has 0 atom stereocenters. The zero-order valence-corrected chi connectivity index (χ0v) is 15.5. The van der Waals surface area contributed by atoms with Crippen molar-refractivity contribution in [3.63, 3.8) is 0 Å². The van der Waals surface area contributed by atoms with Crippen molar-refractivity contribution in [1.29, 1.82) is 0 Å². The van der Waals surface area contributed by atoms with Gasteiger partial charge in [0.05, 0.1) is 24.7 Å². The fourth-order valence-corrected chi connectivity index (χ4v) is 3.21. The van der Waals surface area contributed by atoms with Gasteiger partial charge in [-0.1, -0.05) is 12.1 Å². The maximum Gasteiger partial charge on any atom is 0.264 e. The van der Waals surface area contributed by atoms with Gasteiger partial charge < -0.3 is 9.47 Å². The van der Waals surface area contributed by atoms with Crippen molar-refractivity contribution in [2.24, 2.45) is 0 Å². The van der Waals surface area contributed by atoms with Gasteiger partial charge in [0, 0.05) is 0 Å². The van der Waals surface area contributed by atoms with Gasteiger partial charge in [0.2, 0.25) is 0 Å². The Balaban J connectivity index is 1.94. The van der Waals surface area contributed by atoms with E-state index in [2.05, 4.69) is 0 Å². The molecule has 2 rings (SSSR count). The Hall–Kier alpha value is -1.88. The topological polar surface area (TPSA) is 127 Å². The molecule has 0 bridgehead atoms. The highest BCUT2D eigenvalue weighted by atomic mass is 32.2. The van der Waals surface area contributed by atoms with Gasteiger partial charge in [-0.2, -0.15) is 16.8 Å². The normalized spacial score (nSPS) is 12.2. The average molecular weight is 404 g/mol. The smallest absolute Gasteiger partial charge is 0.264 e. The van der Waals surface area contributed by atoms with Crippen LogP contribution in [-0.2, 0) is 20.2 Å². The minimum Gasteiger partial charge on any atom is -0.494 e. The molecule has 2 aromatic carbocycles. The molecule has 0 unspecified atom stereocenters. The summed E-state index contributed by atoms with van der Waals surface area (Å²) in [5, 5.41) is 1.78. The van der Waals surface area contributed by atoms with Gasteiger partial charge in [0.25, 0.3) is 20.2 Å². The van der Waals surface area contributed by atoms with E-state index < -0.39 is 20.2 Å². The molecule has 0 radical (unpaired) electrons. The van der Waals surface area contributed by atoms with Gasteiger partial charge in [0.15, 0.2) is 0 Å². The van der Waals surface area contributed by atoms with Crippen molar-refractivity contribution >= 4 is 31.0 Å². The molecule has 10 heteroatoms. The Morgan fingerprint density at radius 1 is 0.692 bits per heavy atom. The lowest BCUT2D eigenvalue weighted by atomic mass is 10.1. The molecule has 0 fully saturated rings. The quantitative estimate of drug-likeness (QED) is 0.455. The first-order valence-corrected chi connectivity index (χ1v) is 11.0. The van der Waals surface area contributed by atoms with Crippen LogP contribution in [0, 0.1) is 0 Å². The second kappa shape index (κ2) is 8.67. The molecule has 2 N–H and O–H groups in total. The highest BCUT2D eigenvalue weighted by Gasteiger charge is 2.06. The number of fused-ring (bicyclic) bond motifs is 1. The van der Waals surface area contributed by atoms with E-state index in [9.17, 15) is 16.8 Å². The summed E-state index contributed by atoms with van der Waals surface area (Å²) in [4.78, 5) is 0. The second-order valence-electron chi connectivity index (χ2n) is 5.65. The highest BCUT2D eigenvalue weighted by Crippen LogP contribution is 2.25. The number of rotatable bonds is 10. The van der Waals surface area contributed by atoms with E-state index in [4.69, 9.17) is 18.6 Å². The van der Waals surface area contributed by atoms with Crippen LogP contribution in [-0.4, -0.2) is 50.7 Å². The minimum atomic E-state index is -3.99. The summed E-state index contributed by atoms with van der Waals surface area (Å²) in [6.45, 7) is 0.300. The monoisotopic (exact) mass is 404 g/mol. The van der Waals surface area contributed by atoms with Crippen LogP contribution in [0.3, 0.4) is 0 Å². The van der Waals surface area contributed by atoms with E-state index in [0.717, 1.165) is 10.8 Å². The number of hydrogen-bond donors (Lipinski definition) is 2. The van der Waals surface area contributed by atoms with Crippen molar-refractivity contribution in [2.75, 3.05) is 24.7 Å². The molecule has 144 valence electrons. The van der Waals surface area contributed by atoms with E-state index in [1.54, 1.807) is 24.3 Å². The summed E-state index contributed by atoms with van der Waals surface area (Å²) in [6.07, 6.45) is 0.349. The zero-order valence-electron chi connectivity index (χ0n) is 13.9. The van der Waals surface area contributed by atoms with Gasteiger partial charge >= 0.3 is 0 Å². The van der Waals surface area contributed by atoms with E-state index >= 15 is 0 Å². The molecule has 0 aliphatic heterocycles. The van der Waals surface area contributed by atoms with Gasteiger partial charge in [-0.15, -0.1) is 0 Å². The molecule has 26 heavy (non-hydrogen) atoms. The van der Waals surface area contributed by atoms with Crippen LogP contribution in [0.2, 0.25) is 0 Å². The van der Waals surface area contributed by atoms with Crippen LogP contribution in [0.5, 0.6) is 11.5 Å². The largest absolute Gasteiger partial charge is 0.494 e. The Labute approximate surface area is 152 Å². The zero-order chi connectivity index (χ0) is 19.2.